The molecule has 41 heavy (non-hydrogen) atoms. The fourth-order valence-electron chi connectivity index (χ4n) is 4.89. The number of aromatic nitrogens is 4. The minimum atomic E-state index is -0.450. The molecule has 9 nitrogen and oxygen atoms in total. The number of unbranched alkanes of at least 4 members (excludes halogenated alkanes) is 3. The van der Waals surface area contributed by atoms with Gasteiger partial charge < -0.3 is 5.32 Å². The molecule has 5 rings (SSSR count). The number of thiocarbonyl (C=S) groups is 1. The number of carbonyl (C=O) groups is 1. The molecule has 1 N–H and O–H groups in total. The van der Waals surface area contributed by atoms with Crippen LogP contribution in [0.3, 0.4) is 0 Å². The third kappa shape index (κ3) is 5.39. The van der Waals surface area contributed by atoms with E-state index < -0.39 is 5.91 Å². The van der Waals surface area contributed by atoms with Gasteiger partial charge in [-0.1, -0.05) is 74.4 Å². The number of hydrogen-bond donors (Lipinski definition) is 1. The van der Waals surface area contributed by atoms with E-state index in [1.165, 1.54) is 14.0 Å². The first kappa shape index (κ1) is 28.6. The molecular weight excluding hydrogens is 557 g/mol. The third-order valence-electron chi connectivity index (χ3n) is 7.14. The molecule has 1 aromatic carbocycles. The summed E-state index contributed by atoms with van der Waals surface area (Å²) in [5.41, 5.74) is 2.52. The van der Waals surface area contributed by atoms with E-state index in [4.69, 9.17) is 17.2 Å². The summed E-state index contributed by atoms with van der Waals surface area (Å²) in [5.74, 6) is -0.0309. The molecule has 0 spiro atoms. The summed E-state index contributed by atoms with van der Waals surface area (Å²) in [6.45, 7) is 6.49. The Morgan fingerprint density at radius 1 is 1.00 bits per heavy atom. The number of pyridine rings is 1. The lowest BCUT2D eigenvalue weighted by molar-refractivity contribution is -0.113. The lowest BCUT2D eigenvalue weighted by atomic mass is 10.2. The molecule has 1 aliphatic rings. The maximum Gasteiger partial charge on any atom is 0.296 e. The minimum absolute atomic E-state index is 0.195. The second-order valence-electron chi connectivity index (χ2n) is 10.0. The first-order valence-corrected chi connectivity index (χ1v) is 14.8. The second-order valence-corrected chi connectivity index (χ2v) is 11.7. The van der Waals surface area contributed by atoms with Gasteiger partial charge in [-0.25, -0.2) is 9.67 Å². The molecule has 0 unspecified atom stereocenters. The van der Waals surface area contributed by atoms with Gasteiger partial charge in [0.1, 0.15) is 17.2 Å². The number of amides is 1. The molecule has 11 heteroatoms. The maximum absolute atomic E-state index is 13.8. The van der Waals surface area contributed by atoms with Crippen molar-refractivity contribution in [3.8, 4) is 5.69 Å². The normalized spacial score (nSPS) is 14.5. The number of fused-ring (bicyclic) bond motifs is 1. The van der Waals surface area contributed by atoms with Crippen LogP contribution in [0.25, 0.3) is 17.4 Å². The number of para-hydroxylation sites is 1. The van der Waals surface area contributed by atoms with Crippen molar-refractivity contribution in [2.24, 2.45) is 7.05 Å². The van der Waals surface area contributed by atoms with Crippen LogP contribution in [0.4, 0.5) is 11.5 Å². The highest BCUT2D eigenvalue weighted by molar-refractivity contribution is 8.27. The third-order valence-corrected chi connectivity index (χ3v) is 8.45. The predicted octanol–water partition coefficient (Wildman–Crippen LogP) is 5.20. The van der Waals surface area contributed by atoms with E-state index in [0.29, 0.717) is 29.4 Å². The van der Waals surface area contributed by atoms with E-state index in [2.05, 4.69) is 12.2 Å². The van der Waals surface area contributed by atoms with Gasteiger partial charge in [0, 0.05) is 19.8 Å². The highest BCUT2D eigenvalue weighted by Crippen LogP contribution is 2.36. The number of rotatable bonds is 9. The van der Waals surface area contributed by atoms with Crippen molar-refractivity contribution >= 4 is 57.4 Å². The summed E-state index contributed by atoms with van der Waals surface area (Å²) in [5, 5.41) is 3.32. The van der Waals surface area contributed by atoms with Crippen LogP contribution < -0.4 is 21.3 Å². The topological polar surface area (TPSA) is 93.6 Å². The smallest absolute Gasteiger partial charge is 0.296 e. The van der Waals surface area contributed by atoms with Crippen molar-refractivity contribution in [3.05, 3.63) is 91.1 Å². The zero-order valence-corrected chi connectivity index (χ0v) is 25.1. The number of carbonyl (C=O) groups excluding carboxylic acids is 1. The second kappa shape index (κ2) is 11.9. The summed E-state index contributed by atoms with van der Waals surface area (Å²) >= 11 is 6.68. The van der Waals surface area contributed by atoms with E-state index in [9.17, 15) is 14.4 Å². The Morgan fingerprint density at radius 3 is 2.49 bits per heavy atom. The first-order chi connectivity index (χ1) is 19.7. The summed E-state index contributed by atoms with van der Waals surface area (Å²) in [6.07, 6.45) is 7.54. The summed E-state index contributed by atoms with van der Waals surface area (Å²) in [7, 11) is 1.77. The van der Waals surface area contributed by atoms with Gasteiger partial charge in [0.05, 0.1) is 21.8 Å². The highest BCUT2D eigenvalue weighted by atomic mass is 32.2. The van der Waals surface area contributed by atoms with Gasteiger partial charge in [0.15, 0.2) is 4.32 Å². The fourth-order valence-corrected chi connectivity index (χ4v) is 6.14. The van der Waals surface area contributed by atoms with E-state index in [-0.39, 0.29) is 31.6 Å². The molecule has 1 fully saturated rings. The van der Waals surface area contributed by atoms with Crippen LogP contribution >= 0.6 is 24.0 Å². The van der Waals surface area contributed by atoms with Crippen molar-refractivity contribution in [2.45, 2.75) is 46.5 Å². The van der Waals surface area contributed by atoms with Crippen molar-refractivity contribution in [2.75, 3.05) is 16.8 Å². The van der Waals surface area contributed by atoms with Crippen LogP contribution in [0.2, 0.25) is 0 Å². The van der Waals surface area contributed by atoms with Gasteiger partial charge in [-0.2, -0.15) is 0 Å². The number of aryl methyl sites for hydroxylation is 1. The van der Waals surface area contributed by atoms with Crippen molar-refractivity contribution in [1.82, 2.24) is 18.7 Å². The van der Waals surface area contributed by atoms with Crippen LogP contribution in [0.1, 0.15) is 49.4 Å². The Hall–Kier alpha value is -3.96. The molecule has 0 radical (unpaired) electrons. The maximum atomic E-state index is 13.8. The van der Waals surface area contributed by atoms with Crippen LogP contribution in [0.15, 0.2) is 63.2 Å². The summed E-state index contributed by atoms with van der Waals surface area (Å²) < 4.78 is 4.93. The summed E-state index contributed by atoms with van der Waals surface area (Å²) in [4.78, 5) is 47.4. The SMILES string of the molecule is CCCCCCNc1nc2ccc(C)cn2c(=O)c1C=C1SC(=S)N(c2c(C)n(C)n(-c3ccccc3)c2=O)C1=O. The zero-order valence-electron chi connectivity index (χ0n) is 23.5. The van der Waals surface area contributed by atoms with Crippen LogP contribution in [0, 0.1) is 13.8 Å². The number of hydrogen-bond acceptors (Lipinski definition) is 7. The predicted molar refractivity (Wildman–Crippen MR) is 170 cm³/mol. The number of anilines is 2. The van der Waals surface area contributed by atoms with Crippen LogP contribution in [-0.2, 0) is 11.8 Å². The monoisotopic (exact) mass is 588 g/mol. The van der Waals surface area contributed by atoms with E-state index in [0.717, 1.165) is 43.0 Å². The molecule has 0 bridgehead atoms. The van der Waals surface area contributed by atoms with Gasteiger partial charge in [0.25, 0.3) is 17.0 Å². The van der Waals surface area contributed by atoms with E-state index in [1.54, 1.807) is 37.0 Å². The Morgan fingerprint density at radius 2 is 1.76 bits per heavy atom. The van der Waals surface area contributed by atoms with Gasteiger partial charge in [-0.05, 0) is 50.1 Å². The minimum Gasteiger partial charge on any atom is -0.369 e. The molecule has 0 aliphatic carbocycles. The quantitative estimate of drug-likeness (QED) is 0.163. The number of nitrogens with zero attached hydrogens (tertiary/aromatic N) is 5. The van der Waals surface area contributed by atoms with Crippen molar-refractivity contribution in [3.63, 3.8) is 0 Å². The average molecular weight is 589 g/mol. The zero-order chi connectivity index (χ0) is 29.3. The Balaban J connectivity index is 1.56. The molecule has 212 valence electrons. The van der Waals surface area contributed by atoms with Crippen molar-refractivity contribution < 1.29 is 4.79 Å². The molecular formula is C30H32N6O3S2. The number of nitrogens with one attached hydrogen (secondary N) is 1. The average Bonchev–Trinajstić information content (AvgIpc) is 3.35. The van der Waals surface area contributed by atoms with Crippen LogP contribution in [0.5, 0.6) is 0 Å². The molecule has 3 aromatic heterocycles. The number of benzene rings is 1. The molecule has 1 aliphatic heterocycles. The lowest BCUT2D eigenvalue weighted by Gasteiger charge is -2.13. The van der Waals surface area contributed by atoms with Gasteiger partial charge in [0.2, 0.25) is 0 Å². The summed E-state index contributed by atoms with van der Waals surface area (Å²) in [6, 6.07) is 12.9. The molecule has 0 atom stereocenters. The standard InChI is InChI=1S/C30H32N6O3S2/c1-5-6-7-11-16-31-26-22(27(37)34-18-19(2)14-15-24(34)32-26)17-23-28(38)35(30(40)41-23)25-20(3)33(4)36(29(25)39)21-12-9-8-10-13-21/h8-10,12-15,17-18,31H,5-7,11,16H2,1-4H3. The molecule has 4 heterocycles. The Bertz CT molecular complexity index is 1800. The molecule has 4 aromatic rings. The van der Waals surface area contributed by atoms with E-state index in [1.807, 2.05) is 43.3 Å². The van der Waals surface area contributed by atoms with Gasteiger partial charge in [-0.15, -0.1) is 0 Å². The van der Waals surface area contributed by atoms with Crippen molar-refractivity contribution in [1.29, 1.82) is 0 Å². The molecule has 1 saturated heterocycles. The fraction of sp³-hybridized carbons (Fsp3) is 0.300. The first-order valence-electron chi connectivity index (χ1n) is 13.6. The van der Waals surface area contributed by atoms with Gasteiger partial charge in [-0.3, -0.25) is 28.4 Å². The lowest BCUT2D eigenvalue weighted by Crippen LogP contribution is -2.33. The van der Waals surface area contributed by atoms with Gasteiger partial charge >= 0.3 is 0 Å². The number of thioether (sulfide) groups is 1. The molecule has 1 amide bonds. The Kier molecular flexibility index (Phi) is 8.27. The Labute approximate surface area is 247 Å². The van der Waals surface area contributed by atoms with E-state index >= 15 is 0 Å². The van der Waals surface area contributed by atoms with Crippen LogP contribution in [-0.4, -0.2) is 35.5 Å². The molecule has 0 saturated carbocycles. The largest absolute Gasteiger partial charge is 0.369 e. The highest BCUT2D eigenvalue weighted by Gasteiger charge is 2.38.